The Morgan fingerprint density at radius 3 is 2.23 bits per heavy atom. The molecule has 0 aromatic heterocycles. The predicted molar refractivity (Wildman–Crippen MR) is 42.5 cm³/mol. The van der Waals surface area contributed by atoms with Crippen LogP contribution in [0.1, 0.15) is 6.92 Å². The van der Waals surface area contributed by atoms with Gasteiger partial charge in [-0.25, -0.2) is 0 Å². The minimum Gasteiger partial charge on any atom is -0.465 e. The van der Waals surface area contributed by atoms with Gasteiger partial charge in [0, 0.05) is 6.54 Å². The van der Waals surface area contributed by atoms with Crippen molar-refractivity contribution in [3.05, 3.63) is 0 Å². The highest BCUT2D eigenvalue weighted by atomic mass is 35.5. The van der Waals surface area contributed by atoms with Crippen molar-refractivity contribution in [3.8, 4) is 0 Å². The summed E-state index contributed by atoms with van der Waals surface area (Å²) in [7, 11) is 0. The first-order valence-corrected chi connectivity index (χ1v) is 3.36. The second kappa shape index (κ2) is 6.04. The molecule has 0 aliphatic carbocycles. The second-order valence-electron chi connectivity index (χ2n) is 2.08. The van der Waals surface area contributed by atoms with E-state index in [1.165, 1.54) is 6.92 Å². The van der Waals surface area contributed by atoms with Crippen LogP contribution in [-0.2, 0) is 9.53 Å². The van der Waals surface area contributed by atoms with Gasteiger partial charge in [-0.05, 0) is 6.92 Å². The normalized spacial score (nSPS) is 13.0. The number of hydrogen-bond acceptors (Lipinski definition) is 3. The number of ether oxygens (including phenoxy) is 1. The first-order valence-electron chi connectivity index (χ1n) is 3.36. The Labute approximate surface area is 79.8 Å². The van der Waals surface area contributed by atoms with Crippen LogP contribution in [0.25, 0.3) is 0 Å². The molecule has 0 heterocycles. The number of halogens is 4. The molecule has 0 aromatic rings. The average molecular weight is 222 g/mol. The Kier molecular flexibility index (Phi) is 6.97. The van der Waals surface area contributed by atoms with E-state index in [0.717, 1.165) is 0 Å². The van der Waals surface area contributed by atoms with E-state index in [1.54, 1.807) is 0 Å². The fourth-order valence-electron chi connectivity index (χ4n) is 0.606. The number of carbonyl (C=O) groups excluding carboxylic acids is 1. The van der Waals surface area contributed by atoms with Crippen molar-refractivity contribution in [2.45, 2.75) is 13.1 Å². The van der Waals surface area contributed by atoms with E-state index in [4.69, 9.17) is 5.73 Å². The van der Waals surface area contributed by atoms with Crippen molar-refractivity contribution in [2.24, 2.45) is 11.7 Å². The second-order valence-corrected chi connectivity index (χ2v) is 2.08. The molecular weight excluding hydrogens is 211 g/mol. The van der Waals surface area contributed by atoms with E-state index in [0.29, 0.717) is 0 Å². The maximum atomic E-state index is 11.9. The van der Waals surface area contributed by atoms with Gasteiger partial charge in [0.25, 0.3) is 0 Å². The van der Waals surface area contributed by atoms with Crippen molar-refractivity contribution in [1.82, 2.24) is 0 Å². The SMILES string of the molecule is CCOC(=O)C(CN)C(F)(F)F.Cl. The van der Waals surface area contributed by atoms with Crippen molar-refractivity contribution < 1.29 is 22.7 Å². The summed E-state index contributed by atoms with van der Waals surface area (Å²) in [6.07, 6.45) is -4.61. The van der Waals surface area contributed by atoms with E-state index in [-0.39, 0.29) is 19.0 Å². The highest BCUT2D eigenvalue weighted by molar-refractivity contribution is 5.85. The van der Waals surface area contributed by atoms with Crippen molar-refractivity contribution in [1.29, 1.82) is 0 Å². The molecule has 0 rings (SSSR count). The zero-order chi connectivity index (χ0) is 9.78. The number of carbonyl (C=O) groups is 1. The fourth-order valence-corrected chi connectivity index (χ4v) is 0.606. The lowest BCUT2D eigenvalue weighted by Gasteiger charge is -2.16. The third-order valence-electron chi connectivity index (χ3n) is 1.20. The Hall–Kier alpha value is -0.490. The summed E-state index contributed by atoms with van der Waals surface area (Å²) in [5, 5.41) is 0. The Morgan fingerprint density at radius 2 is 2.00 bits per heavy atom. The largest absolute Gasteiger partial charge is 0.465 e. The van der Waals surface area contributed by atoms with E-state index < -0.39 is 24.6 Å². The maximum absolute atomic E-state index is 11.9. The maximum Gasteiger partial charge on any atom is 0.403 e. The predicted octanol–water partition coefficient (Wildman–Crippen LogP) is 1.11. The smallest absolute Gasteiger partial charge is 0.403 e. The van der Waals surface area contributed by atoms with E-state index in [2.05, 4.69) is 4.74 Å². The number of nitrogens with two attached hydrogens (primary N) is 1. The molecule has 0 saturated heterocycles. The van der Waals surface area contributed by atoms with Gasteiger partial charge in [-0.15, -0.1) is 12.4 Å². The highest BCUT2D eigenvalue weighted by Gasteiger charge is 2.44. The molecule has 0 spiro atoms. The van der Waals surface area contributed by atoms with Crippen LogP contribution >= 0.6 is 12.4 Å². The third-order valence-corrected chi connectivity index (χ3v) is 1.20. The van der Waals surface area contributed by atoms with Gasteiger partial charge in [-0.1, -0.05) is 0 Å². The van der Waals surface area contributed by atoms with Crippen LogP contribution in [0.3, 0.4) is 0 Å². The van der Waals surface area contributed by atoms with E-state index >= 15 is 0 Å². The highest BCUT2D eigenvalue weighted by Crippen LogP contribution is 2.26. The topological polar surface area (TPSA) is 52.3 Å². The molecule has 80 valence electrons. The first kappa shape index (κ1) is 15.0. The molecule has 0 saturated carbocycles. The molecule has 0 bridgehead atoms. The summed E-state index contributed by atoms with van der Waals surface area (Å²) < 4.78 is 39.9. The van der Waals surface area contributed by atoms with Crippen LogP contribution in [0.5, 0.6) is 0 Å². The van der Waals surface area contributed by atoms with Gasteiger partial charge in [-0.2, -0.15) is 13.2 Å². The molecule has 0 aliphatic heterocycles. The summed E-state index contributed by atoms with van der Waals surface area (Å²) in [6.45, 7) is 0.579. The Balaban J connectivity index is 0. The first-order chi connectivity index (χ1) is 5.43. The number of rotatable bonds is 3. The quantitative estimate of drug-likeness (QED) is 0.727. The van der Waals surface area contributed by atoms with E-state index in [9.17, 15) is 18.0 Å². The van der Waals surface area contributed by atoms with Gasteiger partial charge in [0.05, 0.1) is 6.61 Å². The molecule has 0 amide bonds. The van der Waals surface area contributed by atoms with Gasteiger partial charge in [0.15, 0.2) is 5.92 Å². The monoisotopic (exact) mass is 221 g/mol. The zero-order valence-electron chi connectivity index (χ0n) is 6.93. The molecule has 0 fully saturated rings. The lowest BCUT2D eigenvalue weighted by Crippen LogP contribution is -2.37. The molecule has 0 aromatic carbocycles. The summed E-state index contributed by atoms with van der Waals surface area (Å²) in [6, 6.07) is 0. The fraction of sp³-hybridized carbons (Fsp3) is 0.833. The average Bonchev–Trinajstić information content (AvgIpc) is 1.85. The van der Waals surface area contributed by atoms with Crippen LogP contribution in [0, 0.1) is 5.92 Å². The molecule has 1 atom stereocenters. The number of alkyl halides is 3. The summed E-state index contributed by atoms with van der Waals surface area (Å²) in [4.78, 5) is 10.6. The molecular formula is C6H11ClF3NO2. The van der Waals surface area contributed by atoms with Crippen LogP contribution < -0.4 is 5.73 Å². The van der Waals surface area contributed by atoms with Gasteiger partial charge < -0.3 is 10.5 Å². The van der Waals surface area contributed by atoms with Crippen molar-refractivity contribution >= 4 is 18.4 Å². The van der Waals surface area contributed by atoms with Gasteiger partial charge >= 0.3 is 12.1 Å². The molecule has 0 radical (unpaired) electrons. The Bertz CT molecular complexity index is 162. The van der Waals surface area contributed by atoms with Crippen molar-refractivity contribution in [2.75, 3.05) is 13.2 Å². The van der Waals surface area contributed by atoms with Gasteiger partial charge in [-0.3, -0.25) is 4.79 Å². The minimum atomic E-state index is -4.61. The van der Waals surface area contributed by atoms with Crippen molar-refractivity contribution in [3.63, 3.8) is 0 Å². The van der Waals surface area contributed by atoms with E-state index in [1.807, 2.05) is 0 Å². The summed E-state index contributed by atoms with van der Waals surface area (Å²) in [5.74, 6) is -3.51. The Morgan fingerprint density at radius 1 is 1.54 bits per heavy atom. The molecule has 0 aliphatic rings. The standard InChI is InChI=1S/C6H10F3NO2.ClH/c1-2-12-5(11)4(3-10)6(7,8)9;/h4H,2-3,10H2,1H3;1H. The van der Waals surface area contributed by atoms with Gasteiger partial charge in [0.2, 0.25) is 0 Å². The lowest BCUT2D eigenvalue weighted by molar-refractivity contribution is -0.195. The molecule has 3 nitrogen and oxygen atoms in total. The third kappa shape index (κ3) is 4.94. The van der Waals surface area contributed by atoms with Crippen LogP contribution in [0.2, 0.25) is 0 Å². The molecule has 2 N–H and O–H groups in total. The minimum absolute atomic E-state index is 0. The molecule has 13 heavy (non-hydrogen) atoms. The summed E-state index contributed by atoms with van der Waals surface area (Å²) >= 11 is 0. The molecule has 7 heteroatoms. The summed E-state index contributed by atoms with van der Waals surface area (Å²) in [5.41, 5.74) is 4.77. The lowest BCUT2D eigenvalue weighted by atomic mass is 10.1. The van der Waals surface area contributed by atoms with Gasteiger partial charge in [0.1, 0.15) is 0 Å². The zero-order valence-corrected chi connectivity index (χ0v) is 7.74. The van der Waals surface area contributed by atoms with Crippen LogP contribution in [0.4, 0.5) is 13.2 Å². The molecule has 1 unspecified atom stereocenters. The van der Waals surface area contributed by atoms with Crippen LogP contribution in [-0.4, -0.2) is 25.3 Å². The van der Waals surface area contributed by atoms with Crippen LogP contribution in [0.15, 0.2) is 0 Å². The number of esters is 1. The number of hydrogen-bond donors (Lipinski definition) is 1.